The molecule has 1 saturated heterocycles. The zero-order valence-electron chi connectivity index (χ0n) is 13.7. The summed E-state index contributed by atoms with van der Waals surface area (Å²) in [7, 11) is 1.86. The lowest BCUT2D eigenvalue weighted by molar-refractivity contribution is -0.126. The van der Waals surface area contributed by atoms with Crippen molar-refractivity contribution in [1.29, 1.82) is 0 Å². The number of piperazine rings is 1. The van der Waals surface area contributed by atoms with E-state index in [2.05, 4.69) is 34.4 Å². The summed E-state index contributed by atoms with van der Waals surface area (Å²) in [5.74, 6) is 2.73. The number of carbonyl (C=O) groups is 1. The van der Waals surface area contributed by atoms with E-state index in [0.717, 1.165) is 29.6 Å². The van der Waals surface area contributed by atoms with Crippen molar-refractivity contribution in [1.82, 2.24) is 15.3 Å². The molecule has 0 aromatic carbocycles. The molecule has 0 saturated carbocycles. The Labute approximate surface area is 126 Å². The molecule has 116 valence electrons. The molecule has 1 aliphatic rings. The maximum atomic E-state index is 12.2. The zero-order chi connectivity index (χ0) is 15.8. The van der Waals surface area contributed by atoms with Crippen molar-refractivity contribution in [2.45, 2.75) is 46.1 Å². The molecule has 6 heteroatoms. The SMILES string of the molecule is CNc1nc(C(C)C)nc(N2CCNC(=O)C2(C)C)c1C. The van der Waals surface area contributed by atoms with Crippen LogP contribution in [-0.2, 0) is 4.79 Å². The van der Waals surface area contributed by atoms with Gasteiger partial charge in [-0.05, 0) is 20.8 Å². The summed E-state index contributed by atoms with van der Waals surface area (Å²) in [5.41, 5.74) is 0.362. The number of hydrogen-bond acceptors (Lipinski definition) is 5. The van der Waals surface area contributed by atoms with Crippen LogP contribution < -0.4 is 15.5 Å². The molecule has 21 heavy (non-hydrogen) atoms. The van der Waals surface area contributed by atoms with Crippen LogP contribution >= 0.6 is 0 Å². The molecule has 0 radical (unpaired) electrons. The smallest absolute Gasteiger partial charge is 0.245 e. The van der Waals surface area contributed by atoms with E-state index in [4.69, 9.17) is 4.98 Å². The van der Waals surface area contributed by atoms with Gasteiger partial charge in [-0.1, -0.05) is 13.8 Å². The van der Waals surface area contributed by atoms with Gasteiger partial charge in [0.2, 0.25) is 5.91 Å². The van der Waals surface area contributed by atoms with Gasteiger partial charge in [-0.2, -0.15) is 0 Å². The van der Waals surface area contributed by atoms with Gasteiger partial charge in [-0.15, -0.1) is 0 Å². The number of rotatable bonds is 3. The molecule has 0 atom stereocenters. The molecular weight excluding hydrogens is 266 g/mol. The second kappa shape index (κ2) is 5.50. The maximum absolute atomic E-state index is 12.2. The summed E-state index contributed by atoms with van der Waals surface area (Å²) in [6, 6.07) is 0. The lowest BCUT2D eigenvalue weighted by Gasteiger charge is -2.42. The number of hydrogen-bond donors (Lipinski definition) is 2. The number of carbonyl (C=O) groups excluding carboxylic acids is 1. The van der Waals surface area contributed by atoms with Crippen LogP contribution in [0.4, 0.5) is 11.6 Å². The number of aromatic nitrogens is 2. The molecular formula is C15H25N5O. The Hall–Kier alpha value is -1.85. The third-order valence-corrected chi connectivity index (χ3v) is 4.00. The standard InChI is InChI=1S/C15H25N5O/c1-9(2)11-18-12(16-6)10(3)13(19-11)20-8-7-17-14(21)15(20,4)5/h9H,7-8H2,1-6H3,(H,17,21)(H,16,18,19). The van der Waals surface area contributed by atoms with Crippen molar-refractivity contribution < 1.29 is 4.79 Å². The van der Waals surface area contributed by atoms with Crippen LogP contribution in [0.2, 0.25) is 0 Å². The molecule has 0 spiro atoms. The quantitative estimate of drug-likeness (QED) is 0.886. The van der Waals surface area contributed by atoms with Gasteiger partial charge >= 0.3 is 0 Å². The highest BCUT2D eigenvalue weighted by Gasteiger charge is 2.39. The van der Waals surface area contributed by atoms with Crippen LogP contribution in [0.25, 0.3) is 0 Å². The van der Waals surface area contributed by atoms with E-state index < -0.39 is 5.54 Å². The highest BCUT2D eigenvalue weighted by atomic mass is 16.2. The van der Waals surface area contributed by atoms with Gasteiger partial charge < -0.3 is 15.5 Å². The fraction of sp³-hybridized carbons (Fsp3) is 0.667. The molecule has 0 unspecified atom stereocenters. The van der Waals surface area contributed by atoms with Gasteiger partial charge in [0.1, 0.15) is 23.0 Å². The molecule has 1 amide bonds. The minimum atomic E-state index is -0.614. The van der Waals surface area contributed by atoms with Crippen molar-refractivity contribution in [2.24, 2.45) is 0 Å². The summed E-state index contributed by atoms with van der Waals surface area (Å²) < 4.78 is 0. The van der Waals surface area contributed by atoms with Gasteiger partial charge in [0.05, 0.1) is 0 Å². The third kappa shape index (κ3) is 2.66. The Morgan fingerprint density at radius 2 is 2.00 bits per heavy atom. The van der Waals surface area contributed by atoms with Crippen LogP contribution in [0.3, 0.4) is 0 Å². The molecule has 1 fully saturated rings. The van der Waals surface area contributed by atoms with Gasteiger partial charge in [-0.3, -0.25) is 4.79 Å². The van der Waals surface area contributed by atoms with Gasteiger partial charge in [-0.25, -0.2) is 9.97 Å². The van der Waals surface area contributed by atoms with E-state index in [1.54, 1.807) is 0 Å². The number of anilines is 2. The molecule has 2 N–H and O–H groups in total. The summed E-state index contributed by atoms with van der Waals surface area (Å²) in [6.07, 6.45) is 0. The normalized spacial score (nSPS) is 17.9. The first-order valence-electron chi connectivity index (χ1n) is 7.41. The molecule has 0 bridgehead atoms. The third-order valence-electron chi connectivity index (χ3n) is 4.00. The Balaban J connectivity index is 2.56. The average Bonchev–Trinajstić information content (AvgIpc) is 2.42. The lowest BCUT2D eigenvalue weighted by Crippen LogP contribution is -2.62. The van der Waals surface area contributed by atoms with E-state index in [1.165, 1.54) is 0 Å². The van der Waals surface area contributed by atoms with Crippen LogP contribution in [0.1, 0.15) is 45.0 Å². The monoisotopic (exact) mass is 291 g/mol. The van der Waals surface area contributed by atoms with Gasteiger partial charge in [0.25, 0.3) is 0 Å². The van der Waals surface area contributed by atoms with Crippen molar-refractivity contribution in [3.63, 3.8) is 0 Å². The number of amides is 1. The molecule has 6 nitrogen and oxygen atoms in total. The van der Waals surface area contributed by atoms with Crippen molar-refractivity contribution in [3.8, 4) is 0 Å². The largest absolute Gasteiger partial charge is 0.373 e. The predicted octanol–water partition coefficient (Wildman–Crippen LogP) is 1.66. The molecule has 1 aromatic heterocycles. The second-order valence-corrected chi connectivity index (χ2v) is 6.25. The summed E-state index contributed by atoms with van der Waals surface area (Å²) in [4.78, 5) is 23.5. The molecule has 0 aliphatic carbocycles. The zero-order valence-corrected chi connectivity index (χ0v) is 13.7. The van der Waals surface area contributed by atoms with E-state index in [9.17, 15) is 4.79 Å². The van der Waals surface area contributed by atoms with Crippen LogP contribution in [-0.4, -0.2) is 41.6 Å². The first kappa shape index (κ1) is 15.5. The summed E-state index contributed by atoms with van der Waals surface area (Å²) >= 11 is 0. The molecule has 2 heterocycles. The fourth-order valence-electron chi connectivity index (χ4n) is 2.56. The first-order chi connectivity index (χ1) is 9.78. The highest BCUT2D eigenvalue weighted by molar-refractivity contribution is 5.90. The predicted molar refractivity (Wildman–Crippen MR) is 84.8 cm³/mol. The van der Waals surface area contributed by atoms with Crippen molar-refractivity contribution in [2.75, 3.05) is 30.4 Å². The topological polar surface area (TPSA) is 70.2 Å². The van der Waals surface area contributed by atoms with E-state index in [0.29, 0.717) is 6.54 Å². The van der Waals surface area contributed by atoms with E-state index >= 15 is 0 Å². The highest BCUT2D eigenvalue weighted by Crippen LogP contribution is 2.31. The summed E-state index contributed by atoms with van der Waals surface area (Å²) in [5, 5.41) is 6.05. The second-order valence-electron chi connectivity index (χ2n) is 6.25. The minimum Gasteiger partial charge on any atom is -0.373 e. The molecule has 1 aromatic rings. The Morgan fingerprint density at radius 1 is 1.33 bits per heavy atom. The maximum Gasteiger partial charge on any atom is 0.245 e. The van der Waals surface area contributed by atoms with Crippen LogP contribution in [0, 0.1) is 6.92 Å². The average molecular weight is 291 g/mol. The molecule has 2 rings (SSSR count). The van der Waals surface area contributed by atoms with Crippen LogP contribution in [0.15, 0.2) is 0 Å². The Kier molecular flexibility index (Phi) is 4.07. The van der Waals surface area contributed by atoms with E-state index in [-0.39, 0.29) is 11.8 Å². The summed E-state index contributed by atoms with van der Waals surface area (Å²) in [6.45, 7) is 11.4. The van der Waals surface area contributed by atoms with Gasteiger partial charge in [0, 0.05) is 31.6 Å². The Bertz CT molecular complexity index is 553. The number of nitrogens with zero attached hydrogens (tertiary/aromatic N) is 3. The minimum absolute atomic E-state index is 0.0314. The number of nitrogens with one attached hydrogen (secondary N) is 2. The first-order valence-corrected chi connectivity index (χ1v) is 7.41. The van der Waals surface area contributed by atoms with Gasteiger partial charge in [0.15, 0.2) is 0 Å². The fourth-order valence-corrected chi connectivity index (χ4v) is 2.56. The lowest BCUT2D eigenvalue weighted by atomic mass is 9.98. The Morgan fingerprint density at radius 3 is 2.57 bits per heavy atom. The van der Waals surface area contributed by atoms with E-state index in [1.807, 2.05) is 27.8 Å². The van der Waals surface area contributed by atoms with Crippen molar-refractivity contribution >= 4 is 17.5 Å². The van der Waals surface area contributed by atoms with Crippen molar-refractivity contribution in [3.05, 3.63) is 11.4 Å². The molecule has 1 aliphatic heterocycles. The van der Waals surface area contributed by atoms with Crippen LogP contribution in [0.5, 0.6) is 0 Å².